The highest BCUT2D eigenvalue weighted by Gasteiger charge is 2.49. The summed E-state index contributed by atoms with van der Waals surface area (Å²) in [6.07, 6.45) is 5.63. The largest absolute Gasteiger partial charge is 0.0993 e. The van der Waals surface area contributed by atoms with Gasteiger partial charge < -0.3 is 0 Å². The molecule has 0 aromatic carbocycles. The van der Waals surface area contributed by atoms with Crippen LogP contribution in [0.5, 0.6) is 0 Å². The summed E-state index contributed by atoms with van der Waals surface area (Å²) < 4.78 is 0. The fraction of sp³-hybridized carbons (Fsp3) is 0.667. The lowest BCUT2D eigenvalue weighted by atomic mass is 9.74. The topological polar surface area (TPSA) is 0 Å². The Kier molecular flexibility index (Phi) is 1.18. The maximum absolute atomic E-state index is 4.27. The van der Waals surface area contributed by atoms with Gasteiger partial charge in [-0.3, -0.25) is 0 Å². The van der Waals surface area contributed by atoms with Crippen molar-refractivity contribution in [2.45, 2.75) is 25.7 Å². The van der Waals surface area contributed by atoms with E-state index in [1.54, 1.807) is 11.1 Å². The minimum absolute atomic E-state index is 0.834. The van der Waals surface area contributed by atoms with Crippen LogP contribution in [0, 0.1) is 23.7 Å². The van der Waals surface area contributed by atoms with Gasteiger partial charge in [-0.1, -0.05) is 24.3 Å². The summed E-state index contributed by atoms with van der Waals surface area (Å²) >= 11 is 0. The van der Waals surface area contributed by atoms with Gasteiger partial charge in [0, 0.05) is 0 Å². The van der Waals surface area contributed by atoms with Crippen molar-refractivity contribution in [1.82, 2.24) is 0 Å². The summed E-state index contributed by atoms with van der Waals surface area (Å²) in [6, 6.07) is 0. The third-order valence-electron chi connectivity index (χ3n) is 4.45. The monoisotopic (exact) mass is 160 g/mol. The Morgan fingerprint density at radius 1 is 0.667 bits per heavy atom. The molecule has 64 valence electrons. The van der Waals surface area contributed by atoms with Gasteiger partial charge in [0.05, 0.1) is 0 Å². The van der Waals surface area contributed by atoms with Crippen LogP contribution in [-0.2, 0) is 0 Å². The first-order valence-electron chi connectivity index (χ1n) is 5.16. The van der Waals surface area contributed by atoms with E-state index in [1.807, 2.05) is 0 Å². The zero-order valence-corrected chi connectivity index (χ0v) is 7.55. The van der Waals surface area contributed by atoms with Gasteiger partial charge in [-0.05, 0) is 49.4 Å². The van der Waals surface area contributed by atoms with E-state index in [0.29, 0.717) is 0 Å². The van der Waals surface area contributed by atoms with Gasteiger partial charge >= 0.3 is 0 Å². The zero-order chi connectivity index (χ0) is 8.29. The van der Waals surface area contributed by atoms with Crippen molar-refractivity contribution in [3.8, 4) is 0 Å². The van der Waals surface area contributed by atoms with Crippen molar-refractivity contribution in [2.75, 3.05) is 0 Å². The van der Waals surface area contributed by atoms with Crippen LogP contribution in [0.3, 0.4) is 0 Å². The summed E-state index contributed by atoms with van der Waals surface area (Å²) in [4.78, 5) is 0. The van der Waals surface area contributed by atoms with Crippen LogP contribution in [0.2, 0.25) is 0 Å². The fourth-order valence-corrected chi connectivity index (χ4v) is 3.85. The van der Waals surface area contributed by atoms with E-state index in [2.05, 4.69) is 13.2 Å². The molecule has 4 unspecified atom stereocenters. The maximum atomic E-state index is 4.27. The summed E-state index contributed by atoms with van der Waals surface area (Å²) in [5, 5.41) is 0. The predicted molar refractivity (Wildman–Crippen MR) is 50.7 cm³/mol. The highest BCUT2D eigenvalue weighted by Crippen LogP contribution is 2.60. The van der Waals surface area contributed by atoms with E-state index in [-0.39, 0.29) is 0 Å². The van der Waals surface area contributed by atoms with Crippen molar-refractivity contribution < 1.29 is 0 Å². The first kappa shape index (κ1) is 6.94. The minimum Gasteiger partial charge on any atom is -0.0993 e. The molecule has 0 spiro atoms. The molecule has 0 aromatic heterocycles. The van der Waals surface area contributed by atoms with Crippen molar-refractivity contribution in [2.24, 2.45) is 23.7 Å². The fourth-order valence-electron chi connectivity index (χ4n) is 3.85. The van der Waals surface area contributed by atoms with Crippen LogP contribution in [0.4, 0.5) is 0 Å². The van der Waals surface area contributed by atoms with Crippen LogP contribution >= 0.6 is 0 Å². The van der Waals surface area contributed by atoms with Gasteiger partial charge in [0.15, 0.2) is 0 Å². The lowest BCUT2D eigenvalue weighted by Gasteiger charge is -2.31. The Bertz CT molecular complexity index is 209. The molecule has 0 heteroatoms. The van der Waals surface area contributed by atoms with Crippen LogP contribution in [0.1, 0.15) is 25.7 Å². The summed E-state index contributed by atoms with van der Waals surface area (Å²) in [7, 11) is 0. The SMILES string of the molecule is C=C1C2CCC1C1CCC2C1=C. The Morgan fingerprint density at radius 3 is 1.17 bits per heavy atom. The molecule has 3 fully saturated rings. The Hall–Kier alpha value is -0.520. The highest BCUT2D eigenvalue weighted by atomic mass is 14.5. The average Bonchev–Trinajstić information content (AvgIpc) is 2.41. The Labute approximate surface area is 74.4 Å². The lowest BCUT2D eigenvalue weighted by Crippen LogP contribution is -2.22. The molecule has 4 bridgehead atoms. The summed E-state index contributed by atoms with van der Waals surface area (Å²) in [5.74, 6) is 3.34. The minimum atomic E-state index is 0.834. The van der Waals surface area contributed by atoms with E-state index >= 15 is 0 Å². The smallest absolute Gasteiger partial charge is 0.0137 e. The van der Waals surface area contributed by atoms with Crippen LogP contribution in [-0.4, -0.2) is 0 Å². The molecule has 0 heterocycles. The van der Waals surface area contributed by atoms with Gasteiger partial charge in [-0.25, -0.2) is 0 Å². The van der Waals surface area contributed by atoms with E-state index < -0.39 is 0 Å². The Morgan fingerprint density at radius 2 is 0.917 bits per heavy atom. The molecule has 3 rings (SSSR count). The van der Waals surface area contributed by atoms with Crippen LogP contribution in [0.15, 0.2) is 24.3 Å². The second kappa shape index (κ2) is 2.04. The number of hydrogen-bond acceptors (Lipinski definition) is 0. The van der Waals surface area contributed by atoms with Crippen LogP contribution in [0.25, 0.3) is 0 Å². The normalized spacial score (nSPS) is 50.3. The maximum Gasteiger partial charge on any atom is -0.0137 e. The second-order valence-corrected chi connectivity index (χ2v) is 4.73. The number of fused-ring (bicyclic) bond motifs is 6. The molecule has 12 heavy (non-hydrogen) atoms. The summed E-state index contributed by atoms with van der Waals surface area (Å²) in [6.45, 7) is 8.55. The molecule has 0 N–H and O–H groups in total. The molecule has 3 saturated carbocycles. The van der Waals surface area contributed by atoms with E-state index in [1.165, 1.54) is 25.7 Å². The molecular weight excluding hydrogens is 144 g/mol. The highest BCUT2D eigenvalue weighted by molar-refractivity contribution is 5.31. The molecule has 0 aromatic rings. The quantitative estimate of drug-likeness (QED) is 0.477. The van der Waals surface area contributed by atoms with Gasteiger partial charge in [-0.15, -0.1) is 0 Å². The van der Waals surface area contributed by atoms with E-state index in [0.717, 1.165) is 23.7 Å². The average molecular weight is 160 g/mol. The molecule has 0 radical (unpaired) electrons. The van der Waals surface area contributed by atoms with Crippen molar-refractivity contribution in [1.29, 1.82) is 0 Å². The molecule has 0 aliphatic heterocycles. The number of rotatable bonds is 0. The molecule has 3 aliphatic rings. The van der Waals surface area contributed by atoms with Gasteiger partial charge in [0.25, 0.3) is 0 Å². The number of hydrogen-bond donors (Lipinski definition) is 0. The van der Waals surface area contributed by atoms with Crippen molar-refractivity contribution in [3.63, 3.8) is 0 Å². The summed E-state index contributed by atoms with van der Waals surface area (Å²) in [5.41, 5.74) is 3.16. The third-order valence-corrected chi connectivity index (χ3v) is 4.45. The second-order valence-electron chi connectivity index (χ2n) is 4.73. The lowest BCUT2D eigenvalue weighted by molar-refractivity contribution is 0.426. The van der Waals surface area contributed by atoms with Crippen LogP contribution < -0.4 is 0 Å². The first-order valence-corrected chi connectivity index (χ1v) is 5.16. The standard InChI is InChI=1S/C12H16/c1-7-9-3-4-10(7)12-6-5-11(9)8(12)2/h9-12H,1-6H2. The zero-order valence-electron chi connectivity index (χ0n) is 7.55. The predicted octanol–water partition coefficient (Wildman–Crippen LogP) is 3.16. The first-order chi connectivity index (χ1) is 5.79. The van der Waals surface area contributed by atoms with Crippen molar-refractivity contribution >= 4 is 0 Å². The van der Waals surface area contributed by atoms with Gasteiger partial charge in [0.2, 0.25) is 0 Å². The number of allylic oxidation sites excluding steroid dienone is 2. The van der Waals surface area contributed by atoms with Gasteiger partial charge in [-0.2, -0.15) is 0 Å². The van der Waals surface area contributed by atoms with E-state index in [4.69, 9.17) is 0 Å². The van der Waals surface area contributed by atoms with Gasteiger partial charge in [0.1, 0.15) is 0 Å². The molecule has 0 saturated heterocycles. The molecule has 4 atom stereocenters. The van der Waals surface area contributed by atoms with Crippen molar-refractivity contribution in [3.05, 3.63) is 24.3 Å². The Balaban J connectivity index is 2.09. The van der Waals surface area contributed by atoms with E-state index in [9.17, 15) is 0 Å². The molecule has 3 aliphatic carbocycles. The third kappa shape index (κ3) is 0.608. The molecule has 0 nitrogen and oxygen atoms in total. The molecular formula is C12H16. The molecule has 0 amide bonds.